The monoisotopic (exact) mass is 204 g/mol. The minimum absolute atomic E-state index is 0.0475. The summed E-state index contributed by atoms with van der Waals surface area (Å²) in [6, 6.07) is 0. The molecule has 4 heteroatoms. The second-order valence-electron chi connectivity index (χ2n) is 2.10. The van der Waals surface area contributed by atoms with Crippen LogP contribution in [0.4, 0.5) is 0 Å². The maximum absolute atomic E-state index is 10.9. The van der Waals surface area contributed by atoms with Crippen LogP contribution in [0, 0.1) is 0 Å². The van der Waals surface area contributed by atoms with Crippen molar-refractivity contribution in [3.8, 4) is 0 Å². The molecule has 3 nitrogen and oxygen atoms in total. The zero-order valence-corrected chi connectivity index (χ0v) is 7.31. The van der Waals surface area contributed by atoms with Crippen molar-refractivity contribution in [3.05, 3.63) is 21.3 Å². The number of halogens is 1. The molecule has 0 aliphatic heterocycles. The molecule has 0 amide bonds. The summed E-state index contributed by atoms with van der Waals surface area (Å²) in [5.41, 5.74) is -0.0475. The Labute approximate surface area is 67.2 Å². The predicted octanol–water partition coefficient (Wildman–Crippen LogP) is 1.35. The van der Waals surface area contributed by atoms with Gasteiger partial charge < -0.3 is 4.98 Å². The van der Waals surface area contributed by atoms with Gasteiger partial charge in [0.05, 0.1) is 0 Å². The average Bonchev–Trinajstić information content (AvgIpc) is 2.13. The van der Waals surface area contributed by atoms with Crippen molar-refractivity contribution in [2.24, 2.45) is 0 Å². The first-order valence-corrected chi connectivity index (χ1v) is 3.98. The molecule has 1 aromatic rings. The Kier molecular flexibility index (Phi) is 2.32. The molecule has 0 spiro atoms. The first kappa shape index (κ1) is 7.60. The Hall–Kier alpha value is -0.510. The van der Waals surface area contributed by atoms with Crippen molar-refractivity contribution in [2.45, 2.75) is 19.9 Å². The SMILES string of the molecule is CCCn1cc(Br)[nH]c1=O. The summed E-state index contributed by atoms with van der Waals surface area (Å²) in [4.78, 5) is 13.5. The number of H-pyrrole nitrogens is 1. The van der Waals surface area contributed by atoms with E-state index in [9.17, 15) is 4.79 Å². The largest absolute Gasteiger partial charge is 0.326 e. The van der Waals surface area contributed by atoms with Crippen LogP contribution >= 0.6 is 15.9 Å². The van der Waals surface area contributed by atoms with E-state index < -0.39 is 0 Å². The molecular formula is C6H9BrN2O. The van der Waals surface area contributed by atoms with Crippen LogP contribution in [0.1, 0.15) is 13.3 Å². The first-order chi connectivity index (χ1) is 4.74. The van der Waals surface area contributed by atoms with Gasteiger partial charge in [-0.15, -0.1) is 0 Å². The van der Waals surface area contributed by atoms with Crippen LogP contribution in [-0.4, -0.2) is 9.55 Å². The summed E-state index contributed by atoms with van der Waals surface area (Å²) >= 11 is 3.18. The van der Waals surface area contributed by atoms with Gasteiger partial charge >= 0.3 is 5.69 Å². The highest BCUT2D eigenvalue weighted by Crippen LogP contribution is 2.00. The number of aromatic nitrogens is 2. The second-order valence-corrected chi connectivity index (χ2v) is 2.95. The van der Waals surface area contributed by atoms with Crippen LogP contribution in [0.5, 0.6) is 0 Å². The highest BCUT2D eigenvalue weighted by Gasteiger charge is 1.96. The molecule has 1 N–H and O–H groups in total. The molecule has 0 saturated heterocycles. The lowest BCUT2D eigenvalue weighted by Gasteiger charge is -1.92. The number of nitrogens with zero attached hydrogens (tertiary/aromatic N) is 1. The fourth-order valence-corrected chi connectivity index (χ4v) is 1.23. The molecule has 1 aromatic heterocycles. The van der Waals surface area contributed by atoms with E-state index in [0.29, 0.717) is 0 Å². The molecule has 0 aliphatic rings. The second kappa shape index (κ2) is 3.05. The lowest BCUT2D eigenvalue weighted by molar-refractivity contribution is 0.656. The number of rotatable bonds is 2. The summed E-state index contributed by atoms with van der Waals surface area (Å²) < 4.78 is 2.38. The van der Waals surface area contributed by atoms with Crippen LogP contribution in [0.3, 0.4) is 0 Å². The topological polar surface area (TPSA) is 37.8 Å². The quantitative estimate of drug-likeness (QED) is 0.777. The van der Waals surface area contributed by atoms with Crippen LogP contribution < -0.4 is 5.69 Å². The number of aryl methyl sites for hydroxylation is 1. The fraction of sp³-hybridized carbons (Fsp3) is 0.500. The van der Waals surface area contributed by atoms with E-state index >= 15 is 0 Å². The molecule has 1 heterocycles. The smallest absolute Gasteiger partial charge is 0.300 e. The lowest BCUT2D eigenvalue weighted by atomic mass is 10.5. The fourth-order valence-electron chi connectivity index (χ4n) is 0.809. The number of aromatic amines is 1. The number of imidazole rings is 1. The van der Waals surface area contributed by atoms with Crippen molar-refractivity contribution in [1.29, 1.82) is 0 Å². The number of nitrogens with one attached hydrogen (secondary N) is 1. The molecule has 10 heavy (non-hydrogen) atoms. The maximum atomic E-state index is 10.9. The van der Waals surface area contributed by atoms with Gasteiger partial charge in [-0.05, 0) is 22.4 Å². The van der Waals surface area contributed by atoms with Gasteiger partial charge in [-0.2, -0.15) is 0 Å². The Morgan fingerprint density at radius 1 is 1.80 bits per heavy atom. The van der Waals surface area contributed by atoms with Crippen molar-refractivity contribution in [1.82, 2.24) is 9.55 Å². The Balaban J connectivity index is 2.92. The van der Waals surface area contributed by atoms with Gasteiger partial charge in [0, 0.05) is 12.7 Å². The lowest BCUT2D eigenvalue weighted by Crippen LogP contribution is -2.15. The van der Waals surface area contributed by atoms with E-state index in [-0.39, 0.29) is 5.69 Å². The highest BCUT2D eigenvalue weighted by molar-refractivity contribution is 9.10. The molecule has 0 aromatic carbocycles. The zero-order chi connectivity index (χ0) is 7.56. The van der Waals surface area contributed by atoms with Crippen LogP contribution in [0.25, 0.3) is 0 Å². The van der Waals surface area contributed by atoms with Crippen molar-refractivity contribution in [3.63, 3.8) is 0 Å². The third kappa shape index (κ3) is 1.50. The standard InChI is InChI=1S/C6H9BrN2O/c1-2-3-9-4-5(7)8-6(9)10/h4H,2-3H2,1H3,(H,8,10). The van der Waals surface area contributed by atoms with Gasteiger partial charge in [0.15, 0.2) is 0 Å². The molecular weight excluding hydrogens is 196 g/mol. The van der Waals surface area contributed by atoms with Gasteiger partial charge in [-0.3, -0.25) is 4.57 Å². The zero-order valence-electron chi connectivity index (χ0n) is 5.72. The van der Waals surface area contributed by atoms with Gasteiger partial charge in [0.2, 0.25) is 0 Å². The van der Waals surface area contributed by atoms with E-state index in [0.717, 1.165) is 17.6 Å². The average molecular weight is 205 g/mol. The molecule has 0 aliphatic carbocycles. The third-order valence-corrected chi connectivity index (χ3v) is 1.62. The molecule has 0 atom stereocenters. The Morgan fingerprint density at radius 3 is 2.90 bits per heavy atom. The van der Waals surface area contributed by atoms with Crippen LogP contribution in [0.2, 0.25) is 0 Å². The summed E-state index contributed by atoms with van der Waals surface area (Å²) in [6.45, 7) is 2.81. The molecule has 0 radical (unpaired) electrons. The predicted molar refractivity (Wildman–Crippen MR) is 43.0 cm³/mol. The van der Waals surface area contributed by atoms with E-state index in [1.807, 2.05) is 6.92 Å². The third-order valence-electron chi connectivity index (χ3n) is 1.22. The minimum Gasteiger partial charge on any atom is -0.300 e. The molecule has 0 bridgehead atoms. The number of hydrogen-bond donors (Lipinski definition) is 1. The number of hydrogen-bond acceptors (Lipinski definition) is 1. The summed E-state index contributed by atoms with van der Waals surface area (Å²) in [6.07, 6.45) is 2.73. The molecule has 0 fully saturated rings. The van der Waals surface area contributed by atoms with Crippen molar-refractivity contribution in [2.75, 3.05) is 0 Å². The molecule has 0 saturated carbocycles. The molecule has 1 rings (SSSR count). The van der Waals surface area contributed by atoms with Crippen LogP contribution in [0.15, 0.2) is 15.6 Å². The summed E-state index contributed by atoms with van der Waals surface area (Å²) in [5.74, 6) is 0. The van der Waals surface area contributed by atoms with Crippen molar-refractivity contribution >= 4 is 15.9 Å². The summed E-state index contributed by atoms with van der Waals surface area (Å²) in [7, 11) is 0. The maximum Gasteiger partial charge on any atom is 0.326 e. The van der Waals surface area contributed by atoms with Crippen molar-refractivity contribution < 1.29 is 0 Å². The molecule has 56 valence electrons. The van der Waals surface area contributed by atoms with Gasteiger partial charge in [-0.25, -0.2) is 4.79 Å². The van der Waals surface area contributed by atoms with E-state index in [1.54, 1.807) is 10.8 Å². The minimum atomic E-state index is -0.0475. The van der Waals surface area contributed by atoms with E-state index in [4.69, 9.17) is 0 Å². The van der Waals surface area contributed by atoms with Gasteiger partial charge in [0.1, 0.15) is 4.60 Å². The summed E-state index contributed by atoms with van der Waals surface area (Å²) in [5, 5.41) is 0. The van der Waals surface area contributed by atoms with Gasteiger partial charge in [0.25, 0.3) is 0 Å². The normalized spacial score (nSPS) is 10.2. The van der Waals surface area contributed by atoms with E-state index in [1.165, 1.54) is 0 Å². The van der Waals surface area contributed by atoms with Crippen LogP contribution in [-0.2, 0) is 6.54 Å². The van der Waals surface area contributed by atoms with Gasteiger partial charge in [-0.1, -0.05) is 6.92 Å². The first-order valence-electron chi connectivity index (χ1n) is 3.19. The Bertz CT molecular complexity index is 263. The Morgan fingerprint density at radius 2 is 2.50 bits per heavy atom. The highest BCUT2D eigenvalue weighted by atomic mass is 79.9. The molecule has 0 unspecified atom stereocenters. The van der Waals surface area contributed by atoms with E-state index in [2.05, 4.69) is 20.9 Å².